The average Bonchev–Trinajstić information content (AvgIpc) is 2.73. The van der Waals surface area contributed by atoms with Gasteiger partial charge in [-0.25, -0.2) is 5.01 Å². The lowest BCUT2D eigenvalue weighted by molar-refractivity contribution is -0.0421. The van der Waals surface area contributed by atoms with Crippen LogP contribution >= 0.6 is 0 Å². The van der Waals surface area contributed by atoms with Crippen molar-refractivity contribution in [3.63, 3.8) is 0 Å². The maximum absolute atomic E-state index is 6.07. The molecule has 18 heavy (non-hydrogen) atoms. The highest BCUT2D eigenvalue weighted by Gasteiger charge is 2.47. The first-order valence-electron chi connectivity index (χ1n) is 8.31. The van der Waals surface area contributed by atoms with Crippen LogP contribution in [0, 0.1) is 29.6 Å². The first-order valence-corrected chi connectivity index (χ1v) is 8.31. The number of rotatable bonds is 3. The molecule has 4 aliphatic carbocycles. The maximum Gasteiger partial charge on any atom is 0.0241 e. The molecule has 102 valence electrons. The summed E-state index contributed by atoms with van der Waals surface area (Å²) < 4.78 is 0. The van der Waals surface area contributed by atoms with Gasteiger partial charge in [-0.3, -0.25) is 5.84 Å². The molecule has 1 aliphatic heterocycles. The fourth-order valence-corrected chi connectivity index (χ4v) is 6.06. The Morgan fingerprint density at radius 3 is 2.11 bits per heavy atom. The van der Waals surface area contributed by atoms with E-state index in [0.717, 1.165) is 36.1 Å². The summed E-state index contributed by atoms with van der Waals surface area (Å²) in [6, 6.07) is 0.710. The molecule has 0 radical (unpaired) electrons. The van der Waals surface area contributed by atoms with Crippen LogP contribution in [0.25, 0.3) is 0 Å². The molecule has 2 N–H and O–H groups in total. The molecule has 1 unspecified atom stereocenters. The van der Waals surface area contributed by atoms with Crippen molar-refractivity contribution in [3.8, 4) is 0 Å². The van der Waals surface area contributed by atoms with E-state index in [1.807, 2.05) is 0 Å². The molecule has 0 aromatic heterocycles. The standard InChI is InChI=1S/C16H28N2/c17-18-5-1-2-15(18)3-4-16-13-7-11-6-12(9-13)10-14(16)8-11/h11-16H,1-10,17H2. The Balaban J connectivity index is 1.37. The first kappa shape index (κ1) is 11.7. The summed E-state index contributed by atoms with van der Waals surface area (Å²) in [5, 5.41) is 2.12. The predicted octanol–water partition coefficient (Wildman–Crippen LogP) is 3.18. The highest BCUT2D eigenvalue weighted by atomic mass is 15.4. The molecule has 2 nitrogen and oxygen atoms in total. The Hall–Kier alpha value is -0.0800. The van der Waals surface area contributed by atoms with Gasteiger partial charge in [-0.2, -0.15) is 0 Å². The highest BCUT2D eigenvalue weighted by molar-refractivity contribution is 4.98. The quantitative estimate of drug-likeness (QED) is 0.777. The van der Waals surface area contributed by atoms with E-state index in [4.69, 9.17) is 5.84 Å². The average molecular weight is 248 g/mol. The monoisotopic (exact) mass is 248 g/mol. The van der Waals surface area contributed by atoms with Crippen LogP contribution in [0.3, 0.4) is 0 Å². The summed E-state index contributed by atoms with van der Waals surface area (Å²) in [5.74, 6) is 11.6. The Morgan fingerprint density at radius 1 is 0.889 bits per heavy atom. The second kappa shape index (κ2) is 4.49. The minimum absolute atomic E-state index is 0.710. The molecule has 5 aliphatic rings. The zero-order chi connectivity index (χ0) is 12.1. The molecule has 1 atom stereocenters. The molecule has 4 bridgehead atoms. The third-order valence-electron chi connectivity index (χ3n) is 6.68. The Labute approximate surface area is 111 Å². The van der Waals surface area contributed by atoms with Gasteiger partial charge in [0.05, 0.1) is 0 Å². The molecule has 5 fully saturated rings. The van der Waals surface area contributed by atoms with Gasteiger partial charge in [0.1, 0.15) is 0 Å². The number of hydrogen-bond donors (Lipinski definition) is 1. The number of nitrogens with zero attached hydrogens (tertiary/aromatic N) is 1. The van der Waals surface area contributed by atoms with Gasteiger partial charge in [0.25, 0.3) is 0 Å². The SMILES string of the molecule is NN1CCCC1CCC1C2CC3CC(C2)CC1C3. The van der Waals surface area contributed by atoms with Crippen LogP contribution in [0.5, 0.6) is 0 Å². The second-order valence-electron chi connectivity index (χ2n) is 7.71. The molecular formula is C16H28N2. The van der Waals surface area contributed by atoms with Gasteiger partial charge >= 0.3 is 0 Å². The van der Waals surface area contributed by atoms with E-state index in [1.165, 1.54) is 25.7 Å². The number of hydrazine groups is 1. The zero-order valence-corrected chi connectivity index (χ0v) is 11.6. The van der Waals surface area contributed by atoms with Crippen LogP contribution in [-0.4, -0.2) is 17.6 Å². The minimum Gasteiger partial charge on any atom is -0.269 e. The molecule has 1 heterocycles. The van der Waals surface area contributed by atoms with Crippen molar-refractivity contribution in [3.05, 3.63) is 0 Å². The van der Waals surface area contributed by atoms with Gasteiger partial charge in [-0.1, -0.05) is 0 Å². The van der Waals surface area contributed by atoms with Crippen molar-refractivity contribution in [2.75, 3.05) is 6.54 Å². The number of hydrogen-bond acceptors (Lipinski definition) is 2. The van der Waals surface area contributed by atoms with Crippen molar-refractivity contribution in [2.24, 2.45) is 35.4 Å². The van der Waals surface area contributed by atoms with Gasteiger partial charge in [-0.15, -0.1) is 0 Å². The van der Waals surface area contributed by atoms with Crippen LogP contribution in [0.4, 0.5) is 0 Å². The van der Waals surface area contributed by atoms with Crippen LogP contribution in [-0.2, 0) is 0 Å². The predicted molar refractivity (Wildman–Crippen MR) is 73.7 cm³/mol. The number of nitrogens with two attached hydrogens (primary N) is 1. The lowest BCUT2D eigenvalue weighted by Crippen LogP contribution is -2.45. The molecule has 0 spiro atoms. The molecule has 2 heteroatoms. The molecular weight excluding hydrogens is 220 g/mol. The van der Waals surface area contributed by atoms with Gasteiger partial charge in [-0.05, 0) is 87.4 Å². The van der Waals surface area contributed by atoms with Gasteiger partial charge in [0, 0.05) is 12.6 Å². The topological polar surface area (TPSA) is 29.3 Å². The maximum atomic E-state index is 6.07. The summed E-state index contributed by atoms with van der Waals surface area (Å²) in [7, 11) is 0. The molecule has 1 saturated heterocycles. The minimum atomic E-state index is 0.710. The largest absolute Gasteiger partial charge is 0.269 e. The van der Waals surface area contributed by atoms with Crippen molar-refractivity contribution >= 4 is 0 Å². The summed E-state index contributed by atoms with van der Waals surface area (Å²) in [6.07, 6.45) is 13.4. The fourth-order valence-electron chi connectivity index (χ4n) is 6.06. The fraction of sp³-hybridized carbons (Fsp3) is 1.00. The molecule has 4 saturated carbocycles. The normalized spacial score (nSPS) is 51.2. The lowest BCUT2D eigenvalue weighted by Gasteiger charge is -2.54. The lowest BCUT2D eigenvalue weighted by atomic mass is 9.51. The van der Waals surface area contributed by atoms with Crippen LogP contribution in [0.15, 0.2) is 0 Å². The van der Waals surface area contributed by atoms with Gasteiger partial charge in [0.2, 0.25) is 0 Å². The Morgan fingerprint density at radius 2 is 1.56 bits per heavy atom. The van der Waals surface area contributed by atoms with Crippen LogP contribution in [0.2, 0.25) is 0 Å². The smallest absolute Gasteiger partial charge is 0.0241 e. The van der Waals surface area contributed by atoms with E-state index in [9.17, 15) is 0 Å². The van der Waals surface area contributed by atoms with Crippen LogP contribution < -0.4 is 5.84 Å². The third kappa shape index (κ3) is 1.92. The molecule has 0 aromatic carbocycles. The Kier molecular flexibility index (Phi) is 2.92. The van der Waals surface area contributed by atoms with E-state index in [1.54, 1.807) is 32.1 Å². The summed E-state index contributed by atoms with van der Waals surface area (Å²) in [4.78, 5) is 0. The van der Waals surface area contributed by atoms with Gasteiger partial charge in [0.15, 0.2) is 0 Å². The van der Waals surface area contributed by atoms with E-state index in [0.29, 0.717) is 6.04 Å². The van der Waals surface area contributed by atoms with E-state index in [-0.39, 0.29) is 0 Å². The Bertz CT molecular complexity index is 286. The molecule has 0 aromatic rings. The van der Waals surface area contributed by atoms with Crippen molar-refractivity contribution in [2.45, 2.75) is 63.8 Å². The second-order valence-corrected chi connectivity index (χ2v) is 7.71. The van der Waals surface area contributed by atoms with Gasteiger partial charge < -0.3 is 0 Å². The van der Waals surface area contributed by atoms with E-state index in [2.05, 4.69) is 5.01 Å². The third-order valence-corrected chi connectivity index (χ3v) is 6.68. The highest BCUT2D eigenvalue weighted by Crippen LogP contribution is 2.57. The zero-order valence-electron chi connectivity index (χ0n) is 11.6. The van der Waals surface area contributed by atoms with Crippen molar-refractivity contribution in [1.29, 1.82) is 0 Å². The molecule has 0 amide bonds. The summed E-state index contributed by atoms with van der Waals surface area (Å²) in [5.41, 5.74) is 0. The van der Waals surface area contributed by atoms with Crippen molar-refractivity contribution < 1.29 is 0 Å². The summed E-state index contributed by atoms with van der Waals surface area (Å²) >= 11 is 0. The summed E-state index contributed by atoms with van der Waals surface area (Å²) in [6.45, 7) is 1.13. The van der Waals surface area contributed by atoms with E-state index < -0.39 is 0 Å². The molecule has 5 rings (SSSR count). The van der Waals surface area contributed by atoms with Crippen LogP contribution in [0.1, 0.15) is 57.8 Å². The van der Waals surface area contributed by atoms with Crippen molar-refractivity contribution in [1.82, 2.24) is 5.01 Å². The first-order chi connectivity index (χ1) is 8.79. The van der Waals surface area contributed by atoms with E-state index >= 15 is 0 Å².